The zero-order chi connectivity index (χ0) is 14.5. The van der Waals surface area contributed by atoms with Crippen LogP contribution in [0.2, 0.25) is 0 Å². The lowest BCUT2D eigenvalue weighted by atomic mass is 10.2. The van der Waals surface area contributed by atoms with Crippen molar-refractivity contribution < 1.29 is 14.3 Å². The van der Waals surface area contributed by atoms with Crippen molar-refractivity contribution in [1.82, 2.24) is 9.80 Å². The van der Waals surface area contributed by atoms with E-state index in [1.165, 1.54) is 4.90 Å². The second-order valence-corrected chi connectivity index (χ2v) is 6.09. The van der Waals surface area contributed by atoms with Crippen LogP contribution in [0.4, 0.5) is 4.79 Å². The van der Waals surface area contributed by atoms with Crippen LogP contribution >= 0.6 is 0 Å². The van der Waals surface area contributed by atoms with Gasteiger partial charge in [0.25, 0.3) is 0 Å². The third-order valence-corrected chi connectivity index (χ3v) is 3.05. The third-order valence-electron chi connectivity index (χ3n) is 3.05. The number of nitrogens with zero attached hydrogens (tertiary/aromatic N) is 2. The molecule has 2 amide bonds. The van der Waals surface area contributed by atoms with Crippen LogP contribution in [0.1, 0.15) is 46.5 Å². The summed E-state index contributed by atoms with van der Waals surface area (Å²) in [7, 11) is 1.70. The Labute approximate surface area is 115 Å². The monoisotopic (exact) mass is 270 g/mol. The maximum absolute atomic E-state index is 11.8. The zero-order valence-corrected chi connectivity index (χ0v) is 12.6. The van der Waals surface area contributed by atoms with E-state index in [0.29, 0.717) is 19.4 Å². The molecular formula is C14H26N2O3. The molecule has 0 saturated carbocycles. The van der Waals surface area contributed by atoms with Gasteiger partial charge in [0.2, 0.25) is 5.91 Å². The lowest BCUT2D eigenvalue weighted by molar-refractivity contribution is -0.130. The van der Waals surface area contributed by atoms with Crippen molar-refractivity contribution >= 4 is 12.0 Å². The van der Waals surface area contributed by atoms with Crippen molar-refractivity contribution in [2.45, 2.75) is 52.1 Å². The zero-order valence-electron chi connectivity index (χ0n) is 12.6. The lowest BCUT2D eigenvalue weighted by Gasteiger charge is -2.24. The van der Waals surface area contributed by atoms with Gasteiger partial charge in [-0.25, -0.2) is 4.79 Å². The Balaban J connectivity index is 2.21. The Morgan fingerprint density at radius 1 is 1.21 bits per heavy atom. The molecule has 0 aromatic heterocycles. The summed E-state index contributed by atoms with van der Waals surface area (Å²) in [6.45, 7) is 7.86. The summed E-state index contributed by atoms with van der Waals surface area (Å²) in [6, 6.07) is 0. The first-order valence-electron chi connectivity index (χ1n) is 7.01. The van der Waals surface area contributed by atoms with E-state index in [0.717, 1.165) is 25.9 Å². The third kappa shape index (κ3) is 5.94. The summed E-state index contributed by atoms with van der Waals surface area (Å²) in [6.07, 6.45) is 3.09. The number of likely N-dealkylation sites (tertiary alicyclic amines) is 1. The van der Waals surface area contributed by atoms with Crippen LogP contribution in [0, 0.1) is 0 Å². The molecule has 1 saturated heterocycles. The van der Waals surface area contributed by atoms with E-state index in [1.807, 2.05) is 25.7 Å². The number of hydrogen-bond acceptors (Lipinski definition) is 3. The van der Waals surface area contributed by atoms with Gasteiger partial charge in [-0.2, -0.15) is 0 Å². The molecule has 5 nitrogen and oxygen atoms in total. The molecule has 0 atom stereocenters. The molecule has 5 heteroatoms. The Bertz CT molecular complexity index is 317. The molecule has 0 aromatic rings. The summed E-state index contributed by atoms with van der Waals surface area (Å²) in [4.78, 5) is 27.0. The molecule has 0 radical (unpaired) electrons. The van der Waals surface area contributed by atoms with Crippen LogP contribution in [0.25, 0.3) is 0 Å². The van der Waals surface area contributed by atoms with Gasteiger partial charge in [-0.15, -0.1) is 0 Å². The maximum Gasteiger partial charge on any atom is 0.410 e. The molecule has 0 N–H and O–H groups in total. The fourth-order valence-electron chi connectivity index (χ4n) is 2.02. The van der Waals surface area contributed by atoms with E-state index >= 15 is 0 Å². The first-order chi connectivity index (χ1) is 8.79. The Kier molecular flexibility index (Phi) is 5.63. The number of carbonyl (C=O) groups excluding carboxylic acids is 2. The predicted octanol–water partition coefficient (Wildman–Crippen LogP) is 2.26. The lowest BCUT2D eigenvalue weighted by Crippen LogP contribution is -2.35. The highest BCUT2D eigenvalue weighted by Gasteiger charge is 2.20. The maximum atomic E-state index is 11.8. The van der Waals surface area contributed by atoms with Gasteiger partial charge in [0, 0.05) is 33.1 Å². The average molecular weight is 270 g/mol. The van der Waals surface area contributed by atoms with Gasteiger partial charge >= 0.3 is 6.09 Å². The Morgan fingerprint density at radius 2 is 1.79 bits per heavy atom. The highest BCUT2D eigenvalue weighted by Crippen LogP contribution is 2.11. The quantitative estimate of drug-likeness (QED) is 0.787. The van der Waals surface area contributed by atoms with Crippen molar-refractivity contribution in [3.63, 3.8) is 0 Å². The highest BCUT2D eigenvalue weighted by atomic mass is 16.6. The summed E-state index contributed by atoms with van der Waals surface area (Å²) in [5, 5.41) is 0. The molecule has 0 bridgehead atoms. The van der Waals surface area contributed by atoms with E-state index in [9.17, 15) is 9.59 Å². The predicted molar refractivity (Wildman–Crippen MR) is 73.9 cm³/mol. The van der Waals surface area contributed by atoms with Crippen LogP contribution in [0.15, 0.2) is 0 Å². The number of hydrogen-bond donors (Lipinski definition) is 0. The van der Waals surface area contributed by atoms with Gasteiger partial charge in [-0.05, 0) is 40.0 Å². The van der Waals surface area contributed by atoms with E-state index in [4.69, 9.17) is 4.74 Å². The van der Waals surface area contributed by atoms with Crippen molar-refractivity contribution in [2.24, 2.45) is 0 Å². The van der Waals surface area contributed by atoms with Gasteiger partial charge in [0.1, 0.15) is 5.60 Å². The molecule has 1 aliphatic heterocycles. The van der Waals surface area contributed by atoms with E-state index in [1.54, 1.807) is 7.05 Å². The largest absolute Gasteiger partial charge is 0.444 e. The van der Waals surface area contributed by atoms with E-state index < -0.39 is 5.60 Å². The number of rotatable bonds is 4. The summed E-state index contributed by atoms with van der Waals surface area (Å²) < 4.78 is 5.25. The fourth-order valence-corrected chi connectivity index (χ4v) is 2.02. The van der Waals surface area contributed by atoms with Gasteiger partial charge in [0.05, 0.1) is 0 Å². The summed E-state index contributed by atoms with van der Waals surface area (Å²) >= 11 is 0. The van der Waals surface area contributed by atoms with Crippen LogP contribution in [-0.2, 0) is 9.53 Å². The molecule has 0 spiro atoms. The average Bonchev–Trinajstić information content (AvgIpc) is 2.79. The van der Waals surface area contributed by atoms with Crippen LogP contribution in [0.3, 0.4) is 0 Å². The molecule has 19 heavy (non-hydrogen) atoms. The Hall–Kier alpha value is -1.26. The van der Waals surface area contributed by atoms with E-state index in [-0.39, 0.29) is 12.0 Å². The summed E-state index contributed by atoms with van der Waals surface area (Å²) in [5.41, 5.74) is -0.475. The summed E-state index contributed by atoms with van der Waals surface area (Å²) in [5.74, 6) is 0.204. The second kappa shape index (κ2) is 6.78. The highest BCUT2D eigenvalue weighted by molar-refractivity contribution is 5.76. The fraction of sp³-hybridized carbons (Fsp3) is 0.857. The van der Waals surface area contributed by atoms with E-state index in [2.05, 4.69) is 0 Å². The van der Waals surface area contributed by atoms with Crippen molar-refractivity contribution in [2.75, 3.05) is 26.7 Å². The first kappa shape index (κ1) is 15.8. The van der Waals surface area contributed by atoms with Crippen LogP contribution in [0.5, 0.6) is 0 Å². The minimum atomic E-state index is -0.475. The molecular weight excluding hydrogens is 244 g/mol. The SMILES string of the molecule is CN(CCCC(=O)N1CCCC1)C(=O)OC(C)(C)C. The molecule has 1 heterocycles. The van der Waals surface area contributed by atoms with Crippen LogP contribution < -0.4 is 0 Å². The minimum Gasteiger partial charge on any atom is -0.444 e. The second-order valence-electron chi connectivity index (χ2n) is 6.09. The van der Waals surface area contributed by atoms with Gasteiger partial charge in [-0.3, -0.25) is 4.79 Å². The van der Waals surface area contributed by atoms with Gasteiger partial charge in [-0.1, -0.05) is 0 Å². The number of amides is 2. The number of ether oxygens (including phenoxy) is 1. The molecule has 1 rings (SSSR count). The topological polar surface area (TPSA) is 49.9 Å². The number of carbonyl (C=O) groups is 2. The minimum absolute atomic E-state index is 0.204. The first-order valence-corrected chi connectivity index (χ1v) is 7.01. The molecule has 110 valence electrons. The van der Waals surface area contributed by atoms with Gasteiger partial charge in [0.15, 0.2) is 0 Å². The standard InChI is InChI=1S/C14H26N2O3/c1-14(2,3)19-13(18)15(4)9-7-8-12(17)16-10-5-6-11-16/h5-11H2,1-4H3. The smallest absolute Gasteiger partial charge is 0.410 e. The van der Waals surface area contributed by atoms with Crippen molar-refractivity contribution in [3.8, 4) is 0 Å². The van der Waals surface area contributed by atoms with Crippen molar-refractivity contribution in [3.05, 3.63) is 0 Å². The van der Waals surface area contributed by atoms with Gasteiger partial charge < -0.3 is 14.5 Å². The Morgan fingerprint density at radius 3 is 2.32 bits per heavy atom. The van der Waals surface area contributed by atoms with Crippen molar-refractivity contribution in [1.29, 1.82) is 0 Å². The normalized spacial score (nSPS) is 15.5. The molecule has 0 unspecified atom stereocenters. The molecule has 1 aliphatic rings. The molecule has 1 fully saturated rings. The molecule has 0 aromatic carbocycles. The molecule has 0 aliphatic carbocycles. The van der Waals surface area contributed by atoms with Crippen LogP contribution in [-0.4, -0.2) is 54.1 Å².